The van der Waals surface area contributed by atoms with Crippen LogP contribution in [0.15, 0.2) is 24.3 Å². The Bertz CT molecular complexity index is 374. The maximum absolute atomic E-state index is 11.7. The fourth-order valence-electron chi connectivity index (χ4n) is 1.50. The third-order valence-electron chi connectivity index (χ3n) is 2.75. The van der Waals surface area contributed by atoms with E-state index in [4.69, 9.17) is 5.73 Å². The molecule has 0 atom stereocenters. The first-order valence-electron chi connectivity index (χ1n) is 5.99. The molecule has 0 aliphatic heterocycles. The standard InChI is InChI=1S/C14H22N2O.ClH/c1-11-4-6-12(7-5-11)8-9-13(17)16-14(2,3)10-15;/h4-7H,8-10,15H2,1-3H3,(H,16,17);1H. The SMILES string of the molecule is Cc1ccc(CCC(=O)NC(C)(C)CN)cc1.Cl. The van der Waals surface area contributed by atoms with Crippen molar-refractivity contribution in [1.29, 1.82) is 0 Å². The molecular weight excluding hydrogens is 248 g/mol. The highest BCUT2D eigenvalue weighted by molar-refractivity contribution is 5.85. The number of amides is 1. The van der Waals surface area contributed by atoms with Gasteiger partial charge in [0.1, 0.15) is 0 Å². The molecule has 0 spiro atoms. The van der Waals surface area contributed by atoms with Gasteiger partial charge in [0.2, 0.25) is 5.91 Å². The predicted molar refractivity (Wildman–Crippen MR) is 78.0 cm³/mol. The summed E-state index contributed by atoms with van der Waals surface area (Å²) < 4.78 is 0. The zero-order valence-electron chi connectivity index (χ0n) is 11.3. The molecule has 4 heteroatoms. The van der Waals surface area contributed by atoms with E-state index in [1.807, 2.05) is 13.8 Å². The van der Waals surface area contributed by atoms with Gasteiger partial charge in [0.05, 0.1) is 0 Å². The molecule has 0 heterocycles. The molecule has 3 nitrogen and oxygen atoms in total. The second kappa shape index (κ2) is 7.39. The van der Waals surface area contributed by atoms with Gasteiger partial charge in [0, 0.05) is 18.5 Å². The van der Waals surface area contributed by atoms with E-state index in [9.17, 15) is 4.79 Å². The lowest BCUT2D eigenvalue weighted by Gasteiger charge is -2.24. The van der Waals surface area contributed by atoms with Crippen molar-refractivity contribution in [2.75, 3.05) is 6.54 Å². The lowest BCUT2D eigenvalue weighted by molar-refractivity contribution is -0.122. The lowest BCUT2D eigenvalue weighted by atomic mass is 10.0. The average Bonchev–Trinajstić information content (AvgIpc) is 2.28. The molecule has 102 valence electrons. The maximum atomic E-state index is 11.7. The van der Waals surface area contributed by atoms with Crippen molar-refractivity contribution in [3.05, 3.63) is 35.4 Å². The number of hydrogen-bond donors (Lipinski definition) is 2. The van der Waals surface area contributed by atoms with Crippen LogP contribution in [0.1, 0.15) is 31.4 Å². The van der Waals surface area contributed by atoms with Gasteiger partial charge >= 0.3 is 0 Å². The van der Waals surface area contributed by atoms with Crippen LogP contribution in [0.5, 0.6) is 0 Å². The van der Waals surface area contributed by atoms with Gasteiger partial charge in [-0.25, -0.2) is 0 Å². The number of benzene rings is 1. The van der Waals surface area contributed by atoms with Crippen LogP contribution in [-0.4, -0.2) is 18.0 Å². The normalized spacial score (nSPS) is 10.7. The summed E-state index contributed by atoms with van der Waals surface area (Å²) in [7, 11) is 0. The minimum absolute atomic E-state index is 0. The molecule has 0 radical (unpaired) electrons. The maximum Gasteiger partial charge on any atom is 0.220 e. The van der Waals surface area contributed by atoms with Crippen LogP contribution < -0.4 is 11.1 Å². The molecule has 0 bridgehead atoms. The van der Waals surface area contributed by atoms with E-state index in [0.29, 0.717) is 13.0 Å². The monoisotopic (exact) mass is 270 g/mol. The second-order valence-corrected chi connectivity index (χ2v) is 5.12. The van der Waals surface area contributed by atoms with Crippen molar-refractivity contribution in [2.45, 2.75) is 39.2 Å². The Labute approximate surface area is 116 Å². The Morgan fingerprint density at radius 3 is 2.33 bits per heavy atom. The Morgan fingerprint density at radius 2 is 1.83 bits per heavy atom. The number of carbonyl (C=O) groups excluding carboxylic acids is 1. The molecule has 0 aliphatic carbocycles. The molecule has 3 N–H and O–H groups in total. The number of nitrogens with two attached hydrogens (primary N) is 1. The van der Waals surface area contributed by atoms with Crippen LogP contribution in [0.4, 0.5) is 0 Å². The van der Waals surface area contributed by atoms with Gasteiger partial charge in [-0.2, -0.15) is 0 Å². The van der Waals surface area contributed by atoms with Crippen LogP contribution in [0.25, 0.3) is 0 Å². The van der Waals surface area contributed by atoms with Gasteiger partial charge in [0.25, 0.3) is 0 Å². The first-order chi connectivity index (χ1) is 7.93. The highest BCUT2D eigenvalue weighted by Gasteiger charge is 2.17. The fraction of sp³-hybridized carbons (Fsp3) is 0.500. The van der Waals surface area contributed by atoms with Gasteiger partial charge in [-0.3, -0.25) is 4.79 Å². The van der Waals surface area contributed by atoms with E-state index < -0.39 is 0 Å². The number of nitrogens with one attached hydrogen (secondary N) is 1. The highest BCUT2D eigenvalue weighted by atomic mass is 35.5. The molecule has 0 fully saturated rings. The van der Waals surface area contributed by atoms with Gasteiger partial charge < -0.3 is 11.1 Å². The number of rotatable bonds is 5. The minimum atomic E-state index is -0.315. The average molecular weight is 271 g/mol. The molecule has 0 aliphatic rings. The van der Waals surface area contributed by atoms with E-state index >= 15 is 0 Å². The summed E-state index contributed by atoms with van der Waals surface area (Å²) in [5, 5.41) is 2.92. The Morgan fingerprint density at radius 1 is 1.28 bits per heavy atom. The lowest BCUT2D eigenvalue weighted by Crippen LogP contribution is -2.48. The summed E-state index contributed by atoms with van der Waals surface area (Å²) in [5.41, 5.74) is 7.68. The number of halogens is 1. The van der Waals surface area contributed by atoms with E-state index in [0.717, 1.165) is 6.42 Å². The largest absolute Gasteiger partial charge is 0.350 e. The summed E-state index contributed by atoms with van der Waals surface area (Å²) in [5.74, 6) is 0.0565. The van der Waals surface area contributed by atoms with Crippen LogP contribution in [0.3, 0.4) is 0 Å². The molecule has 1 rings (SSSR count). The van der Waals surface area contributed by atoms with Crippen molar-refractivity contribution in [3.63, 3.8) is 0 Å². The molecule has 0 aromatic heterocycles. The van der Waals surface area contributed by atoms with Crippen LogP contribution in [0.2, 0.25) is 0 Å². The van der Waals surface area contributed by atoms with Gasteiger partial charge in [0.15, 0.2) is 0 Å². The summed E-state index contributed by atoms with van der Waals surface area (Å²) >= 11 is 0. The quantitative estimate of drug-likeness (QED) is 0.862. The zero-order chi connectivity index (χ0) is 12.9. The van der Waals surface area contributed by atoms with Crippen molar-refractivity contribution in [2.24, 2.45) is 5.73 Å². The molecular formula is C14H23ClN2O. The van der Waals surface area contributed by atoms with Crippen molar-refractivity contribution < 1.29 is 4.79 Å². The number of aryl methyl sites for hydroxylation is 2. The van der Waals surface area contributed by atoms with Crippen LogP contribution in [-0.2, 0) is 11.2 Å². The van der Waals surface area contributed by atoms with Crippen LogP contribution >= 0.6 is 12.4 Å². The minimum Gasteiger partial charge on any atom is -0.350 e. The van der Waals surface area contributed by atoms with Gasteiger partial charge in [-0.1, -0.05) is 29.8 Å². The summed E-state index contributed by atoms with van der Waals surface area (Å²) in [6.45, 7) is 6.36. The van der Waals surface area contributed by atoms with Crippen molar-refractivity contribution in [1.82, 2.24) is 5.32 Å². The van der Waals surface area contributed by atoms with E-state index in [-0.39, 0.29) is 23.9 Å². The third kappa shape index (κ3) is 6.03. The smallest absolute Gasteiger partial charge is 0.220 e. The first-order valence-corrected chi connectivity index (χ1v) is 5.99. The first kappa shape index (κ1) is 16.9. The molecule has 1 aromatic rings. The summed E-state index contributed by atoms with van der Waals surface area (Å²) in [6, 6.07) is 8.27. The molecule has 1 amide bonds. The zero-order valence-corrected chi connectivity index (χ0v) is 12.1. The molecule has 0 saturated carbocycles. The van der Waals surface area contributed by atoms with E-state index in [1.165, 1.54) is 11.1 Å². The number of carbonyl (C=O) groups is 1. The van der Waals surface area contributed by atoms with Crippen LogP contribution in [0, 0.1) is 6.92 Å². The number of hydrogen-bond acceptors (Lipinski definition) is 2. The molecule has 0 unspecified atom stereocenters. The van der Waals surface area contributed by atoms with E-state index in [2.05, 4.69) is 36.5 Å². The van der Waals surface area contributed by atoms with Crippen molar-refractivity contribution >= 4 is 18.3 Å². The Kier molecular flexibility index (Phi) is 6.96. The fourth-order valence-corrected chi connectivity index (χ4v) is 1.50. The van der Waals surface area contributed by atoms with Gasteiger partial charge in [-0.15, -0.1) is 12.4 Å². The molecule has 18 heavy (non-hydrogen) atoms. The molecule has 1 aromatic carbocycles. The second-order valence-electron chi connectivity index (χ2n) is 5.12. The highest BCUT2D eigenvalue weighted by Crippen LogP contribution is 2.06. The molecule has 0 saturated heterocycles. The predicted octanol–water partition coefficient (Wildman–Crippen LogP) is 2.20. The third-order valence-corrected chi connectivity index (χ3v) is 2.75. The summed E-state index contributed by atoms with van der Waals surface area (Å²) in [6.07, 6.45) is 1.28. The van der Waals surface area contributed by atoms with E-state index in [1.54, 1.807) is 0 Å². The Hall–Kier alpha value is -1.06. The van der Waals surface area contributed by atoms with Crippen molar-refractivity contribution in [3.8, 4) is 0 Å². The topological polar surface area (TPSA) is 55.1 Å². The van der Waals surface area contributed by atoms with Gasteiger partial charge in [-0.05, 0) is 32.8 Å². The Balaban J connectivity index is 0.00000289. The summed E-state index contributed by atoms with van der Waals surface area (Å²) in [4.78, 5) is 11.7.